The van der Waals surface area contributed by atoms with Gasteiger partial charge in [-0.25, -0.2) is 4.79 Å². The molecule has 0 saturated carbocycles. The van der Waals surface area contributed by atoms with Crippen LogP contribution < -0.4 is 4.65 Å². The van der Waals surface area contributed by atoms with Crippen molar-refractivity contribution in [3.63, 3.8) is 0 Å². The van der Waals surface area contributed by atoms with Crippen molar-refractivity contribution < 1.29 is 9.63 Å². The molecule has 1 amide bonds. The predicted octanol–water partition coefficient (Wildman–Crippen LogP) is 2.49. The van der Waals surface area contributed by atoms with Crippen LogP contribution >= 0.6 is 0 Å². The maximum absolute atomic E-state index is 11.1. The van der Waals surface area contributed by atoms with Crippen molar-refractivity contribution in [2.45, 2.75) is 0 Å². The molecule has 2 aromatic carbocycles. The zero-order valence-electron chi connectivity index (χ0n) is 9.38. The Kier molecular flexibility index (Phi) is 2.73. The summed E-state index contributed by atoms with van der Waals surface area (Å²) in [5.74, 6) is 0. The Balaban J connectivity index is 2.73. The highest BCUT2D eigenvalue weighted by Crippen LogP contribution is 2.29. The molecule has 0 bridgehead atoms. The van der Waals surface area contributed by atoms with E-state index in [0.29, 0.717) is 0 Å². The Labute approximate surface area is 94.4 Å². The van der Waals surface area contributed by atoms with Gasteiger partial charge in [-0.2, -0.15) is 4.84 Å². The number of benzene rings is 2. The third-order valence-electron chi connectivity index (χ3n) is 2.83. The average Bonchev–Trinajstić information content (AvgIpc) is 2.37. The quantitative estimate of drug-likeness (QED) is 0.447. The first kappa shape index (κ1) is 10.8. The molecule has 1 unspecified atom stereocenters. The molecular weight excluding hydrogens is 202 g/mol. The minimum absolute atomic E-state index is 0.179. The molecule has 1 atom stereocenters. The fourth-order valence-corrected chi connectivity index (χ4v) is 1.79. The van der Waals surface area contributed by atoms with Gasteiger partial charge in [-0.05, 0) is 11.5 Å². The van der Waals surface area contributed by atoms with Crippen LogP contribution in [0.1, 0.15) is 0 Å². The van der Waals surface area contributed by atoms with Crippen LogP contribution in [0.4, 0.5) is 5.69 Å². The van der Waals surface area contributed by atoms with Crippen molar-refractivity contribution in [1.29, 1.82) is 0 Å². The van der Waals surface area contributed by atoms with E-state index in [4.69, 9.17) is 4.84 Å². The van der Waals surface area contributed by atoms with E-state index in [1.54, 1.807) is 7.05 Å². The second kappa shape index (κ2) is 4.04. The molecule has 82 valence electrons. The summed E-state index contributed by atoms with van der Waals surface area (Å²) in [5, 5.41) is 2.13. The second-order valence-corrected chi connectivity index (χ2v) is 3.78. The summed E-state index contributed by atoms with van der Waals surface area (Å²) >= 11 is 0. The van der Waals surface area contributed by atoms with Gasteiger partial charge in [0.15, 0.2) is 5.69 Å². The normalized spacial score (nSPS) is 14.6. The summed E-state index contributed by atoms with van der Waals surface area (Å²) in [6, 6.07) is 13.8. The van der Waals surface area contributed by atoms with E-state index in [2.05, 4.69) is 0 Å². The molecule has 3 heteroatoms. The number of nitrogens with zero attached hydrogens (tertiary/aromatic N) is 1. The van der Waals surface area contributed by atoms with Gasteiger partial charge in [-0.3, -0.25) is 0 Å². The number of quaternary nitrogens is 1. The van der Waals surface area contributed by atoms with Crippen LogP contribution in [-0.2, 0) is 9.63 Å². The van der Waals surface area contributed by atoms with E-state index in [9.17, 15) is 4.79 Å². The molecule has 16 heavy (non-hydrogen) atoms. The summed E-state index contributed by atoms with van der Waals surface area (Å²) in [5.41, 5.74) is 0.843. The van der Waals surface area contributed by atoms with Gasteiger partial charge in [-0.15, -0.1) is 0 Å². The van der Waals surface area contributed by atoms with E-state index in [1.165, 1.54) is 7.11 Å². The molecule has 0 aliphatic carbocycles. The second-order valence-electron chi connectivity index (χ2n) is 3.78. The van der Waals surface area contributed by atoms with Gasteiger partial charge < -0.3 is 0 Å². The minimum atomic E-state index is -0.179. The Bertz CT molecular complexity index is 519. The predicted molar refractivity (Wildman–Crippen MR) is 64.7 cm³/mol. The minimum Gasteiger partial charge on any atom is -0.230 e. The van der Waals surface area contributed by atoms with Crippen LogP contribution in [0, 0.1) is 0 Å². The largest absolute Gasteiger partial charge is 0.338 e. The van der Waals surface area contributed by atoms with E-state index < -0.39 is 0 Å². The van der Waals surface area contributed by atoms with Crippen LogP contribution in [0.5, 0.6) is 0 Å². The van der Waals surface area contributed by atoms with Crippen molar-refractivity contribution in [1.82, 2.24) is 4.65 Å². The molecule has 0 aliphatic heterocycles. The summed E-state index contributed by atoms with van der Waals surface area (Å²) in [4.78, 5) is 16.4. The molecule has 0 fully saturated rings. The van der Waals surface area contributed by atoms with E-state index in [-0.39, 0.29) is 4.65 Å². The maximum atomic E-state index is 11.1. The Morgan fingerprint density at radius 3 is 2.50 bits per heavy atom. The number of hydrogen-bond acceptors (Lipinski definition) is 2. The lowest BCUT2D eigenvalue weighted by atomic mass is 10.1. The lowest BCUT2D eigenvalue weighted by Crippen LogP contribution is -2.42. The molecule has 3 nitrogen and oxygen atoms in total. The molecule has 0 N–H and O–H groups in total. The molecule has 0 aromatic heterocycles. The Hall–Kier alpha value is -1.71. The highest BCUT2D eigenvalue weighted by molar-refractivity contribution is 5.95. The number of hydroxylamine groups is 2. The fraction of sp³-hybridized carbons (Fsp3) is 0.154. The lowest BCUT2D eigenvalue weighted by molar-refractivity contribution is -0.149. The Morgan fingerprint density at radius 2 is 1.81 bits per heavy atom. The monoisotopic (exact) mass is 216 g/mol. The smallest absolute Gasteiger partial charge is 0.230 e. The van der Waals surface area contributed by atoms with Gasteiger partial charge >= 0.3 is 6.41 Å². The van der Waals surface area contributed by atoms with Crippen LogP contribution in [0.15, 0.2) is 42.5 Å². The first-order valence-electron chi connectivity index (χ1n) is 5.08. The number of rotatable bonds is 3. The fourth-order valence-electron chi connectivity index (χ4n) is 1.79. The molecule has 0 spiro atoms. The zero-order valence-corrected chi connectivity index (χ0v) is 9.38. The van der Waals surface area contributed by atoms with Crippen molar-refractivity contribution in [3.8, 4) is 0 Å². The van der Waals surface area contributed by atoms with Crippen LogP contribution in [0.2, 0.25) is 0 Å². The van der Waals surface area contributed by atoms with Crippen LogP contribution in [0.3, 0.4) is 0 Å². The maximum Gasteiger partial charge on any atom is 0.338 e. The van der Waals surface area contributed by atoms with Crippen molar-refractivity contribution in [3.05, 3.63) is 42.5 Å². The third kappa shape index (κ3) is 1.60. The SMILES string of the molecule is CO[N+](C)(C=O)c1cccc2ccccc12. The summed E-state index contributed by atoms with van der Waals surface area (Å²) in [6.07, 6.45) is 0.780. The highest BCUT2D eigenvalue weighted by atomic mass is 16.7. The van der Waals surface area contributed by atoms with E-state index >= 15 is 0 Å². The van der Waals surface area contributed by atoms with Gasteiger partial charge in [0, 0.05) is 11.5 Å². The highest BCUT2D eigenvalue weighted by Gasteiger charge is 2.27. The average molecular weight is 216 g/mol. The lowest BCUT2D eigenvalue weighted by Gasteiger charge is -2.22. The van der Waals surface area contributed by atoms with Gasteiger partial charge in [-0.1, -0.05) is 35.0 Å². The van der Waals surface area contributed by atoms with Crippen LogP contribution in [-0.4, -0.2) is 20.6 Å². The standard InChI is InChI=1S/C13H14NO2/c1-14(10-15,16-2)13-9-5-7-11-6-3-4-8-12(11)13/h3-10H,1-2H3/q+1. The number of amides is 1. The third-order valence-corrected chi connectivity index (χ3v) is 2.83. The first-order chi connectivity index (χ1) is 7.71. The molecule has 2 rings (SSSR count). The first-order valence-corrected chi connectivity index (χ1v) is 5.08. The topological polar surface area (TPSA) is 26.3 Å². The summed E-state index contributed by atoms with van der Waals surface area (Å²) < 4.78 is -0.179. The van der Waals surface area contributed by atoms with Crippen LogP contribution in [0.25, 0.3) is 10.8 Å². The number of carbonyl (C=O) groups excluding carboxylic acids is 1. The zero-order chi connectivity index (χ0) is 11.6. The van der Waals surface area contributed by atoms with Gasteiger partial charge in [0.2, 0.25) is 0 Å². The van der Waals surface area contributed by atoms with Crippen molar-refractivity contribution in [2.24, 2.45) is 0 Å². The molecule has 2 aromatic rings. The molecule has 0 heterocycles. The van der Waals surface area contributed by atoms with Gasteiger partial charge in [0.1, 0.15) is 7.05 Å². The molecule has 0 aliphatic rings. The van der Waals surface area contributed by atoms with E-state index in [1.807, 2.05) is 42.5 Å². The van der Waals surface area contributed by atoms with Crippen molar-refractivity contribution >= 4 is 22.9 Å². The Morgan fingerprint density at radius 1 is 1.12 bits per heavy atom. The number of fused-ring (bicyclic) bond motifs is 1. The van der Waals surface area contributed by atoms with Crippen molar-refractivity contribution in [2.75, 3.05) is 14.2 Å². The number of carbonyl (C=O) groups is 1. The molecule has 0 saturated heterocycles. The van der Waals surface area contributed by atoms with E-state index in [0.717, 1.165) is 22.9 Å². The number of hydrogen-bond donors (Lipinski definition) is 0. The molecular formula is C13H14NO2+. The molecule has 0 radical (unpaired) electrons. The van der Waals surface area contributed by atoms with Gasteiger partial charge in [0.25, 0.3) is 0 Å². The summed E-state index contributed by atoms with van der Waals surface area (Å²) in [7, 11) is 3.24. The van der Waals surface area contributed by atoms with Gasteiger partial charge in [0.05, 0.1) is 7.11 Å². The summed E-state index contributed by atoms with van der Waals surface area (Å²) in [6.45, 7) is 0.